The van der Waals surface area contributed by atoms with Gasteiger partial charge in [-0.1, -0.05) is 19.8 Å². The summed E-state index contributed by atoms with van der Waals surface area (Å²) in [6, 6.07) is 0. The predicted molar refractivity (Wildman–Crippen MR) is 52.4 cm³/mol. The Hall–Kier alpha value is -0.830. The minimum absolute atomic E-state index is 0.394. The van der Waals surface area contributed by atoms with E-state index in [2.05, 4.69) is 18.8 Å². The second-order valence-corrected chi connectivity index (χ2v) is 3.23. The van der Waals surface area contributed by atoms with Crippen LogP contribution in [0.25, 0.3) is 0 Å². The Kier molecular flexibility index (Phi) is 3.96. The summed E-state index contributed by atoms with van der Waals surface area (Å²) in [5.74, 6) is 0.802. The molecule has 0 saturated carbocycles. The number of aromatic nitrogens is 2. The SMILES string of the molecule is CCCCC(O)c1nccn1CC. The predicted octanol–water partition coefficient (Wildman–Crippen LogP) is 2.13. The van der Waals surface area contributed by atoms with Crippen molar-refractivity contribution in [2.24, 2.45) is 0 Å². The lowest BCUT2D eigenvalue weighted by molar-refractivity contribution is 0.150. The van der Waals surface area contributed by atoms with E-state index in [1.807, 2.05) is 10.8 Å². The van der Waals surface area contributed by atoms with Crippen LogP contribution in [-0.2, 0) is 6.54 Å². The number of imidazole rings is 1. The molecule has 3 nitrogen and oxygen atoms in total. The van der Waals surface area contributed by atoms with Gasteiger partial charge in [0.25, 0.3) is 0 Å². The highest BCUT2D eigenvalue weighted by Crippen LogP contribution is 2.17. The van der Waals surface area contributed by atoms with Crippen molar-refractivity contribution in [1.82, 2.24) is 9.55 Å². The average molecular weight is 182 g/mol. The largest absolute Gasteiger partial charge is 0.385 e. The molecule has 1 rings (SSSR count). The first kappa shape index (κ1) is 10.3. The molecule has 0 aliphatic carbocycles. The number of aryl methyl sites for hydroxylation is 1. The van der Waals surface area contributed by atoms with Crippen molar-refractivity contribution in [2.45, 2.75) is 45.8 Å². The van der Waals surface area contributed by atoms with Gasteiger partial charge in [-0.3, -0.25) is 0 Å². The van der Waals surface area contributed by atoms with Crippen LogP contribution in [-0.4, -0.2) is 14.7 Å². The van der Waals surface area contributed by atoms with Crippen molar-refractivity contribution in [3.63, 3.8) is 0 Å². The van der Waals surface area contributed by atoms with Gasteiger partial charge in [0, 0.05) is 18.9 Å². The molecule has 0 aliphatic rings. The summed E-state index contributed by atoms with van der Waals surface area (Å²) in [4.78, 5) is 4.15. The van der Waals surface area contributed by atoms with Crippen molar-refractivity contribution >= 4 is 0 Å². The zero-order valence-electron chi connectivity index (χ0n) is 8.40. The Balaban J connectivity index is 2.59. The molecule has 1 N–H and O–H groups in total. The molecule has 1 aromatic heterocycles. The van der Waals surface area contributed by atoms with Crippen molar-refractivity contribution in [3.05, 3.63) is 18.2 Å². The number of hydrogen-bond donors (Lipinski definition) is 1. The molecular weight excluding hydrogens is 164 g/mol. The number of unbranched alkanes of at least 4 members (excludes halogenated alkanes) is 1. The monoisotopic (exact) mass is 182 g/mol. The summed E-state index contributed by atoms with van der Waals surface area (Å²) in [6.45, 7) is 5.05. The summed E-state index contributed by atoms with van der Waals surface area (Å²) < 4.78 is 1.99. The van der Waals surface area contributed by atoms with Crippen LogP contribution < -0.4 is 0 Å². The molecule has 0 aromatic carbocycles. The van der Waals surface area contributed by atoms with Gasteiger partial charge in [0.2, 0.25) is 0 Å². The Bertz CT molecular complexity index is 245. The number of hydrogen-bond acceptors (Lipinski definition) is 2. The first-order valence-corrected chi connectivity index (χ1v) is 4.98. The van der Waals surface area contributed by atoms with Gasteiger partial charge in [0.05, 0.1) is 0 Å². The fraction of sp³-hybridized carbons (Fsp3) is 0.700. The second-order valence-electron chi connectivity index (χ2n) is 3.23. The van der Waals surface area contributed by atoms with Gasteiger partial charge in [-0.15, -0.1) is 0 Å². The summed E-state index contributed by atoms with van der Waals surface area (Å²) in [5, 5.41) is 9.77. The summed E-state index contributed by atoms with van der Waals surface area (Å²) in [5.41, 5.74) is 0. The van der Waals surface area contributed by atoms with E-state index in [0.717, 1.165) is 31.6 Å². The van der Waals surface area contributed by atoms with E-state index in [0.29, 0.717) is 0 Å². The topological polar surface area (TPSA) is 38.1 Å². The van der Waals surface area contributed by atoms with Crippen molar-refractivity contribution in [3.8, 4) is 0 Å². The van der Waals surface area contributed by atoms with Crippen LogP contribution in [0.1, 0.15) is 45.0 Å². The van der Waals surface area contributed by atoms with Crippen LogP contribution in [0.2, 0.25) is 0 Å². The van der Waals surface area contributed by atoms with Crippen LogP contribution >= 0.6 is 0 Å². The van der Waals surface area contributed by atoms with Crippen molar-refractivity contribution < 1.29 is 5.11 Å². The summed E-state index contributed by atoms with van der Waals surface area (Å²) in [7, 11) is 0. The van der Waals surface area contributed by atoms with E-state index in [-0.39, 0.29) is 0 Å². The minimum Gasteiger partial charge on any atom is -0.385 e. The highest BCUT2D eigenvalue weighted by Gasteiger charge is 2.11. The fourth-order valence-electron chi connectivity index (χ4n) is 1.41. The third-order valence-corrected chi connectivity index (χ3v) is 2.22. The molecule has 1 heterocycles. The normalized spacial score (nSPS) is 13.2. The zero-order chi connectivity index (χ0) is 9.68. The fourth-order valence-corrected chi connectivity index (χ4v) is 1.41. The summed E-state index contributed by atoms with van der Waals surface area (Å²) in [6.07, 6.45) is 6.24. The molecule has 13 heavy (non-hydrogen) atoms. The molecule has 74 valence electrons. The van der Waals surface area contributed by atoms with E-state index in [4.69, 9.17) is 0 Å². The van der Waals surface area contributed by atoms with Crippen LogP contribution in [0, 0.1) is 0 Å². The number of aliphatic hydroxyl groups is 1. The number of aliphatic hydroxyl groups excluding tert-OH is 1. The van der Waals surface area contributed by atoms with Crippen LogP contribution in [0.4, 0.5) is 0 Å². The van der Waals surface area contributed by atoms with Crippen molar-refractivity contribution in [1.29, 1.82) is 0 Å². The molecule has 1 aromatic rings. The Labute approximate surface area is 79.4 Å². The van der Waals surface area contributed by atoms with Crippen LogP contribution in [0.3, 0.4) is 0 Å². The van der Waals surface area contributed by atoms with E-state index in [9.17, 15) is 5.11 Å². The maximum atomic E-state index is 9.77. The van der Waals surface area contributed by atoms with Gasteiger partial charge < -0.3 is 9.67 Å². The molecule has 0 saturated heterocycles. The van der Waals surface area contributed by atoms with Crippen LogP contribution in [0.15, 0.2) is 12.4 Å². The zero-order valence-corrected chi connectivity index (χ0v) is 8.40. The van der Waals surface area contributed by atoms with Gasteiger partial charge >= 0.3 is 0 Å². The van der Waals surface area contributed by atoms with Gasteiger partial charge in [0.15, 0.2) is 0 Å². The lowest BCUT2D eigenvalue weighted by Crippen LogP contribution is -2.07. The standard InChI is InChI=1S/C10H18N2O/c1-3-5-6-9(13)10-11-7-8-12(10)4-2/h7-9,13H,3-6H2,1-2H3. The maximum Gasteiger partial charge on any atom is 0.137 e. The Morgan fingerprint density at radius 2 is 2.31 bits per heavy atom. The van der Waals surface area contributed by atoms with Gasteiger partial charge in [-0.2, -0.15) is 0 Å². The first-order valence-electron chi connectivity index (χ1n) is 4.98. The highest BCUT2D eigenvalue weighted by molar-refractivity contribution is 4.96. The first-order chi connectivity index (χ1) is 6.29. The third-order valence-electron chi connectivity index (χ3n) is 2.22. The van der Waals surface area contributed by atoms with E-state index in [1.54, 1.807) is 6.20 Å². The smallest absolute Gasteiger partial charge is 0.137 e. The van der Waals surface area contributed by atoms with Gasteiger partial charge in [-0.25, -0.2) is 4.98 Å². The molecule has 0 fully saturated rings. The lowest BCUT2D eigenvalue weighted by Gasteiger charge is -2.10. The molecule has 0 radical (unpaired) electrons. The summed E-state index contributed by atoms with van der Waals surface area (Å²) >= 11 is 0. The second kappa shape index (κ2) is 5.02. The minimum atomic E-state index is -0.394. The molecule has 1 atom stereocenters. The quantitative estimate of drug-likeness (QED) is 0.757. The molecule has 3 heteroatoms. The average Bonchev–Trinajstić information content (AvgIpc) is 2.61. The number of nitrogens with zero attached hydrogens (tertiary/aromatic N) is 2. The molecule has 1 unspecified atom stereocenters. The molecule has 0 spiro atoms. The van der Waals surface area contributed by atoms with E-state index < -0.39 is 6.10 Å². The van der Waals surface area contributed by atoms with Gasteiger partial charge in [0.1, 0.15) is 11.9 Å². The molecule has 0 bridgehead atoms. The third kappa shape index (κ3) is 2.56. The lowest BCUT2D eigenvalue weighted by atomic mass is 10.1. The Morgan fingerprint density at radius 1 is 1.54 bits per heavy atom. The molecule has 0 amide bonds. The van der Waals surface area contributed by atoms with Crippen LogP contribution in [0.5, 0.6) is 0 Å². The van der Waals surface area contributed by atoms with Gasteiger partial charge in [-0.05, 0) is 13.3 Å². The Morgan fingerprint density at radius 3 is 2.92 bits per heavy atom. The molecular formula is C10H18N2O. The maximum absolute atomic E-state index is 9.77. The number of rotatable bonds is 5. The highest BCUT2D eigenvalue weighted by atomic mass is 16.3. The van der Waals surface area contributed by atoms with E-state index >= 15 is 0 Å². The molecule has 0 aliphatic heterocycles. The van der Waals surface area contributed by atoms with Crippen molar-refractivity contribution in [2.75, 3.05) is 0 Å². The van der Waals surface area contributed by atoms with E-state index in [1.165, 1.54) is 0 Å².